The fourth-order valence-electron chi connectivity index (χ4n) is 3.89. The van der Waals surface area contributed by atoms with E-state index in [1.807, 2.05) is 24.3 Å². The van der Waals surface area contributed by atoms with Crippen LogP contribution < -0.4 is 4.74 Å². The molecular weight excluding hydrogens is 817 g/mol. The SMILES string of the molecule is C=C[C@@H](O)C[C@H](O[Si](C)(C)C(C)(C)C)C(=O)CN(C)O.C=C[C@H](C[C@H](O[Si](C)(C)C(C)(C)C)C(=O)CN(C)O)OCc1ccc(OC)cc1.CC(=N)C(Cl)(Cl)Cl. The number of hydrogen-bond acceptors (Lipinski definition) is 12. The number of aliphatic hydroxyl groups is 1. The largest absolute Gasteiger partial charge is 0.497 e. The third kappa shape index (κ3) is 23.2. The minimum atomic E-state index is -2.18. The number of carbonyl (C=O) groups excluding carboxylic acids is 2. The number of ether oxygens (including phenoxy) is 2. The van der Waals surface area contributed by atoms with Gasteiger partial charge in [-0.3, -0.25) is 9.59 Å². The van der Waals surface area contributed by atoms with Gasteiger partial charge < -0.3 is 39.3 Å². The number of halogens is 3. The van der Waals surface area contributed by atoms with Gasteiger partial charge >= 0.3 is 0 Å². The van der Waals surface area contributed by atoms with Gasteiger partial charge in [0.15, 0.2) is 28.2 Å². The quantitative estimate of drug-likeness (QED) is 0.0325. The molecule has 0 saturated heterocycles. The number of aliphatic hydroxyl groups excluding tert-OH is 1. The molecule has 1 aromatic rings. The Kier molecular flexibility index (Phi) is 25.5. The third-order valence-electron chi connectivity index (χ3n) is 9.46. The number of alkyl halides is 3. The van der Waals surface area contributed by atoms with Gasteiger partial charge in [-0.15, -0.1) is 13.2 Å². The fraction of sp³-hybridized carbons (Fsp3) is 0.667. The first-order chi connectivity index (χ1) is 25.2. The number of benzene rings is 1. The van der Waals surface area contributed by atoms with E-state index in [-0.39, 0.29) is 53.0 Å². The van der Waals surface area contributed by atoms with E-state index in [0.29, 0.717) is 13.0 Å². The summed E-state index contributed by atoms with van der Waals surface area (Å²) in [6, 6.07) is 7.64. The Morgan fingerprint density at radius 2 is 1.20 bits per heavy atom. The number of Topliss-reactive ketones (excluding diaryl/α,β-unsaturated/α-hetero) is 2. The number of hydrogen-bond donors (Lipinski definition) is 4. The zero-order chi connectivity index (χ0) is 44.5. The predicted octanol–water partition coefficient (Wildman–Crippen LogP) is 9.04. The first kappa shape index (κ1) is 56.6. The second kappa shape index (κ2) is 25.2. The fourth-order valence-corrected chi connectivity index (χ4v) is 6.48. The summed E-state index contributed by atoms with van der Waals surface area (Å²) in [6.45, 7) is 29.9. The molecule has 0 aliphatic carbocycles. The lowest BCUT2D eigenvalue weighted by Gasteiger charge is -2.39. The van der Waals surface area contributed by atoms with Gasteiger partial charge in [-0.2, -0.15) is 10.1 Å². The number of carbonyl (C=O) groups is 2. The Morgan fingerprint density at radius 1 is 0.821 bits per heavy atom. The molecule has 4 N–H and O–H groups in total. The van der Waals surface area contributed by atoms with E-state index in [1.54, 1.807) is 13.2 Å². The zero-order valence-corrected chi connectivity index (χ0v) is 40.3. The molecule has 1 aromatic carbocycles. The van der Waals surface area contributed by atoms with Gasteiger partial charge in [0.2, 0.25) is 3.79 Å². The zero-order valence-electron chi connectivity index (χ0n) is 36.0. The summed E-state index contributed by atoms with van der Waals surface area (Å²) in [5.41, 5.74) is 1.04. The number of likely N-dealkylation sites (N-methyl/N-ethyl adjacent to an activating group) is 2. The molecule has 0 amide bonds. The predicted molar refractivity (Wildman–Crippen MR) is 234 cm³/mol. The highest BCUT2D eigenvalue weighted by atomic mass is 35.6. The molecule has 0 saturated carbocycles. The Balaban J connectivity index is 0. The molecule has 0 radical (unpaired) electrons. The van der Waals surface area contributed by atoms with Gasteiger partial charge in [0, 0.05) is 26.9 Å². The Morgan fingerprint density at radius 3 is 1.48 bits per heavy atom. The Hall–Kier alpha value is -1.51. The van der Waals surface area contributed by atoms with E-state index in [1.165, 1.54) is 27.1 Å². The summed E-state index contributed by atoms with van der Waals surface area (Å²) in [4.78, 5) is 24.9. The smallest absolute Gasteiger partial charge is 0.227 e. The van der Waals surface area contributed by atoms with Crippen molar-refractivity contribution in [3.63, 3.8) is 0 Å². The standard InChI is InChI=1S/C22H37NO5Si.C14H29NO4Si.C3H4Cl3N/c1-9-18(27-16-17-10-12-19(26-6)13-11-17)14-21(20(24)15-23(5)25)28-29(7,8)22(2,3)4;1-8-11(16)9-13(12(17)10-15(5)18)19-20(6,7)14(2,3)4;1-2(7)3(4,5)6/h9-13,18,21,25H,1,14-16H2,2-8H3;8,11,13,16,18H,1,9-10H2,2-7H3;7H,1H3/t18-,21+;11-,13+;/m11./s1. The highest BCUT2D eigenvalue weighted by Crippen LogP contribution is 2.39. The molecule has 0 heterocycles. The van der Waals surface area contributed by atoms with Crippen LogP contribution in [0.2, 0.25) is 36.3 Å². The lowest BCUT2D eigenvalue weighted by atomic mass is 10.1. The first-order valence-electron chi connectivity index (χ1n) is 18.3. The minimum Gasteiger partial charge on any atom is -0.497 e. The van der Waals surface area contributed by atoms with Crippen LogP contribution in [-0.4, -0.2) is 122 Å². The summed E-state index contributed by atoms with van der Waals surface area (Å²) in [6.07, 6.45) is 1.08. The molecule has 0 fully saturated rings. The molecule has 0 aliphatic heterocycles. The van der Waals surface area contributed by atoms with Crippen molar-refractivity contribution < 1.29 is 43.4 Å². The summed E-state index contributed by atoms with van der Waals surface area (Å²) >= 11 is 15.5. The van der Waals surface area contributed by atoms with Gasteiger partial charge in [0.1, 0.15) is 18.0 Å². The van der Waals surface area contributed by atoms with Crippen molar-refractivity contribution in [1.29, 1.82) is 5.41 Å². The monoisotopic (exact) mass is 885 g/mol. The molecule has 0 spiro atoms. The summed E-state index contributed by atoms with van der Waals surface area (Å²) < 4.78 is 22.1. The van der Waals surface area contributed by atoms with Crippen LogP contribution in [0.1, 0.15) is 66.9 Å². The van der Waals surface area contributed by atoms with Crippen LogP contribution in [0.3, 0.4) is 0 Å². The molecule has 0 aliphatic rings. The number of nitrogens with one attached hydrogen (secondary N) is 1. The van der Waals surface area contributed by atoms with Crippen molar-refractivity contribution in [3.05, 3.63) is 55.1 Å². The van der Waals surface area contributed by atoms with Crippen molar-refractivity contribution in [2.24, 2.45) is 0 Å². The highest BCUT2D eigenvalue weighted by molar-refractivity contribution is 6.76. The number of ketones is 2. The number of hydroxylamine groups is 4. The average molecular weight is 888 g/mol. The Labute approximate surface area is 353 Å². The van der Waals surface area contributed by atoms with Crippen LogP contribution in [0.4, 0.5) is 0 Å². The van der Waals surface area contributed by atoms with E-state index < -0.39 is 38.7 Å². The maximum Gasteiger partial charge on any atom is 0.227 e. The third-order valence-corrected chi connectivity index (χ3v) is 19.3. The molecule has 0 unspecified atom stereocenters. The van der Waals surface area contributed by atoms with E-state index in [9.17, 15) is 25.1 Å². The van der Waals surface area contributed by atoms with Gasteiger partial charge in [-0.1, -0.05) is 101 Å². The topological polar surface area (TPSA) is 162 Å². The summed E-state index contributed by atoms with van der Waals surface area (Å²) in [5, 5.41) is 36.8. The normalized spacial score (nSPS) is 14.7. The first-order valence-corrected chi connectivity index (χ1v) is 25.2. The molecule has 0 aromatic heterocycles. The Bertz CT molecular complexity index is 1360. The molecule has 17 heteroatoms. The number of methoxy groups -OCH3 is 1. The van der Waals surface area contributed by atoms with Crippen molar-refractivity contribution in [2.75, 3.05) is 34.3 Å². The number of rotatable bonds is 20. The van der Waals surface area contributed by atoms with Gasteiger partial charge in [0.25, 0.3) is 0 Å². The second-order valence-electron chi connectivity index (χ2n) is 16.6. The minimum absolute atomic E-state index is 0.0320. The maximum atomic E-state index is 12.7. The van der Waals surface area contributed by atoms with E-state index >= 15 is 0 Å². The summed E-state index contributed by atoms with van der Waals surface area (Å²) in [7, 11) is 0.175. The van der Waals surface area contributed by atoms with Crippen LogP contribution in [0.25, 0.3) is 0 Å². The van der Waals surface area contributed by atoms with Crippen LogP contribution in [0, 0.1) is 5.41 Å². The second-order valence-corrected chi connectivity index (χ2v) is 28.4. The maximum absolute atomic E-state index is 12.7. The van der Waals surface area contributed by atoms with Crippen LogP contribution in [-0.2, 0) is 29.8 Å². The van der Waals surface area contributed by atoms with Crippen molar-refractivity contribution in [3.8, 4) is 5.75 Å². The molecule has 12 nitrogen and oxygen atoms in total. The van der Waals surface area contributed by atoms with Crippen LogP contribution in [0.5, 0.6) is 5.75 Å². The van der Waals surface area contributed by atoms with Crippen molar-refractivity contribution >= 4 is 68.7 Å². The van der Waals surface area contributed by atoms with Gasteiger partial charge in [0.05, 0.1) is 44.7 Å². The highest BCUT2D eigenvalue weighted by Gasteiger charge is 2.42. The molecule has 4 atom stereocenters. The molecule has 56 heavy (non-hydrogen) atoms. The van der Waals surface area contributed by atoms with Crippen molar-refractivity contribution in [2.45, 2.75) is 132 Å². The van der Waals surface area contributed by atoms with Gasteiger partial charge in [-0.25, -0.2) is 0 Å². The molecule has 0 bridgehead atoms. The van der Waals surface area contributed by atoms with Crippen LogP contribution in [0.15, 0.2) is 49.6 Å². The molecule has 324 valence electrons. The van der Waals surface area contributed by atoms with E-state index in [4.69, 9.17) is 58.5 Å². The lowest BCUT2D eigenvalue weighted by Crippen LogP contribution is -2.48. The van der Waals surface area contributed by atoms with Gasteiger partial charge in [-0.05, 0) is 60.9 Å². The lowest BCUT2D eigenvalue weighted by molar-refractivity contribution is -0.140. The van der Waals surface area contributed by atoms with Crippen LogP contribution >= 0.6 is 34.8 Å². The number of nitrogens with zero attached hydrogens (tertiary/aromatic N) is 2. The molecular formula is C39H70Cl3N3O9Si2. The molecule has 1 rings (SSSR count). The summed E-state index contributed by atoms with van der Waals surface area (Å²) in [5.74, 6) is 0.385. The van der Waals surface area contributed by atoms with E-state index in [2.05, 4.69) is 80.9 Å². The average Bonchev–Trinajstić information content (AvgIpc) is 3.04. The van der Waals surface area contributed by atoms with E-state index in [0.717, 1.165) is 21.4 Å². The van der Waals surface area contributed by atoms with Crippen molar-refractivity contribution in [1.82, 2.24) is 10.1 Å².